The van der Waals surface area contributed by atoms with Crippen molar-refractivity contribution in [2.75, 3.05) is 0 Å². The highest BCUT2D eigenvalue weighted by atomic mass is 16.6. The molecule has 4 fully saturated rings. The first-order valence-corrected chi connectivity index (χ1v) is 16.9. The molecule has 0 amide bonds. The number of fused-ring (bicyclic) bond motifs is 5. The van der Waals surface area contributed by atoms with Gasteiger partial charge in [-0.25, -0.2) is 0 Å². The zero-order valence-corrected chi connectivity index (χ0v) is 28.5. The highest BCUT2D eigenvalue weighted by molar-refractivity contribution is 5.67. The van der Waals surface area contributed by atoms with Crippen LogP contribution in [0.1, 0.15) is 134 Å². The summed E-state index contributed by atoms with van der Waals surface area (Å²) in [5.41, 5.74) is -0.675. The van der Waals surface area contributed by atoms with Crippen molar-refractivity contribution in [2.24, 2.45) is 57.2 Å². The highest BCUT2D eigenvalue weighted by Gasteiger charge is 2.73. The number of carbonyl (C=O) groups is 3. The maximum atomic E-state index is 12.6. The summed E-state index contributed by atoms with van der Waals surface area (Å²) in [6, 6.07) is 0. The van der Waals surface area contributed by atoms with Crippen LogP contribution in [0.3, 0.4) is 0 Å². The molecule has 240 valence electrons. The standard InChI is InChI=1S/C36H60O6/c1-21(2)13-12-14-22(3)26-15-18-35(10)31(26)27(40-23(4)37)19-29-34(9)17-16-30(42-25(6)39)33(7,8)32(34)28(41-24(5)38)20-36(29,35)11/h21-22,26-32H,12-20H2,1-11H3/t22-,26-,27-,28+,29-,30+,31+,32+,34-,35-,36-/m1/s1. The van der Waals surface area contributed by atoms with E-state index in [1.807, 2.05) is 0 Å². The summed E-state index contributed by atoms with van der Waals surface area (Å²) in [7, 11) is 0. The molecule has 4 rings (SSSR count). The van der Waals surface area contributed by atoms with E-state index in [0.717, 1.165) is 38.5 Å². The van der Waals surface area contributed by atoms with Gasteiger partial charge in [0, 0.05) is 38.0 Å². The first-order chi connectivity index (χ1) is 19.4. The van der Waals surface area contributed by atoms with Crippen molar-refractivity contribution in [3.8, 4) is 0 Å². The third-order valence-corrected chi connectivity index (χ3v) is 13.3. The Morgan fingerprint density at radius 1 is 0.762 bits per heavy atom. The van der Waals surface area contributed by atoms with Gasteiger partial charge in [-0.1, -0.05) is 74.7 Å². The first-order valence-electron chi connectivity index (χ1n) is 16.9. The second-order valence-electron chi connectivity index (χ2n) is 16.6. The van der Waals surface area contributed by atoms with Crippen molar-refractivity contribution in [1.82, 2.24) is 0 Å². The monoisotopic (exact) mass is 588 g/mol. The van der Waals surface area contributed by atoms with Gasteiger partial charge in [0.25, 0.3) is 0 Å². The fourth-order valence-electron chi connectivity index (χ4n) is 11.7. The van der Waals surface area contributed by atoms with E-state index in [4.69, 9.17) is 14.2 Å². The molecular weight excluding hydrogens is 528 g/mol. The Balaban J connectivity index is 1.78. The van der Waals surface area contributed by atoms with Crippen molar-refractivity contribution >= 4 is 17.9 Å². The van der Waals surface area contributed by atoms with Gasteiger partial charge in [0.2, 0.25) is 0 Å². The quantitative estimate of drug-likeness (QED) is 0.210. The van der Waals surface area contributed by atoms with E-state index in [9.17, 15) is 14.4 Å². The Hall–Kier alpha value is -1.59. The predicted molar refractivity (Wildman–Crippen MR) is 164 cm³/mol. The Kier molecular flexibility index (Phi) is 9.30. The molecule has 0 saturated heterocycles. The minimum absolute atomic E-state index is 0.0235. The number of esters is 3. The molecule has 0 unspecified atom stereocenters. The molecule has 0 heterocycles. The minimum atomic E-state index is -0.377. The van der Waals surface area contributed by atoms with E-state index in [2.05, 4.69) is 55.4 Å². The Labute approximate surface area is 255 Å². The second kappa shape index (κ2) is 11.7. The molecule has 0 bridgehead atoms. The van der Waals surface area contributed by atoms with Crippen LogP contribution in [0.5, 0.6) is 0 Å². The molecule has 4 saturated carbocycles. The van der Waals surface area contributed by atoms with Crippen LogP contribution >= 0.6 is 0 Å². The fourth-order valence-corrected chi connectivity index (χ4v) is 11.7. The third-order valence-electron chi connectivity index (χ3n) is 13.3. The molecule has 0 aromatic carbocycles. The second-order valence-corrected chi connectivity index (χ2v) is 16.6. The van der Waals surface area contributed by atoms with Crippen LogP contribution in [-0.2, 0) is 28.6 Å². The molecule has 0 N–H and O–H groups in total. The minimum Gasteiger partial charge on any atom is -0.462 e. The lowest BCUT2D eigenvalue weighted by molar-refractivity contribution is -0.278. The van der Waals surface area contributed by atoms with Crippen molar-refractivity contribution in [2.45, 2.75) is 152 Å². The molecule has 11 atom stereocenters. The number of carbonyl (C=O) groups excluding carboxylic acids is 3. The van der Waals surface area contributed by atoms with E-state index >= 15 is 0 Å². The molecule has 0 radical (unpaired) electrons. The van der Waals surface area contributed by atoms with Crippen LogP contribution in [0.15, 0.2) is 0 Å². The fraction of sp³-hybridized carbons (Fsp3) is 0.917. The number of ether oxygens (including phenoxy) is 3. The first kappa shape index (κ1) is 33.3. The normalized spacial score (nSPS) is 43.0. The summed E-state index contributed by atoms with van der Waals surface area (Å²) in [5.74, 6) is 1.72. The van der Waals surface area contributed by atoms with Crippen LogP contribution < -0.4 is 0 Å². The van der Waals surface area contributed by atoms with E-state index in [1.165, 1.54) is 33.1 Å². The Morgan fingerprint density at radius 3 is 1.93 bits per heavy atom. The third kappa shape index (κ3) is 5.55. The molecule has 0 spiro atoms. The topological polar surface area (TPSA) is 78.9 Å². The van der Waals surface area contributed by atoms with Gasteiger partial charge in [0.1, 0.15) is 18.3 Å². The summed E-state index contributed by atoms with van der Waals surface area (Å²) in [6.45, 7) is 23.3. The maximum Gasteiger partial charge on any atom is 0.302 e. The van der Waals surface area contributed by atoms with Crippen molar-refractivity contribution in [3.05, 3.63) is 0 Å². The zero-order valence-electron chi connectivity index (χ0n) is 28.5. The molecule has 0 aromatic heterocycles. The number of hydrogen-bond acceptors (Lipinski definition) is 6. The molecule has 4 aliphatic carbocycles. The Morgan fingerprint density at radius 2 is 1.36 bits per heavy atom. The highest BCUT2D eigenvalue weighted by Crippen LogP contribution is 2.76. The van der Waals surface area contributed by atoms with Crippen molar-refractivity contribution in [1.29, 1.82) is 0 Å². The maximum absolute atomic E-state index is 12.6. The van der Waals surface area contributed by atoms with Gasteiger partial charge in [-0.05, 0) is 78.4 Å². The zero-order chi connectivity index (χ0) is 31.4. The van der Waals surface area contributed by atoms with Crippen LogP contribution in [0.25, 0.3) is 0 Å². The molecule has 4 aliphatic rings. The van der Waals surface area contributed by atoms with E-state index < -0.39 is 0 Å². The molecule has 6 heteroatoms. The molecule has 42 heavy (non-hydrogen) atoms. The average molecular weight is 589 g/mol. The largest absolute Gasteiger partial charge is 0.462 e. The Bertz CT molecular complexity index is 1030. The van der Waals surface area contributed by atoms with Gasteiger partial charge in [-0.2, -0.15) is 0 Å². The number of rotatable bonds is 8. The lowest BCUT2D eigenvalue weighted by atomic mass is 9.34. The summed E-state index contributed by atoms with van der Waals surface area (Å²) in [4.78, 5) is 37.4. The van der Waals surface area contributed by atoms with Gasteiger partial charge in [-0.3, -0.25) is 14.4 Å². The smallest absolute Gasteiger partial charge is 0.302 e. The molecule has 6 nitrogen and oxygen atoms in total. The molecular formula is C36H60O6. The summed E-state index contributed by atoms with van der Waals surface area (Å²) in [6.07, 6.45) is 8.68. The molecule has 0 aromatic rings. The van der Waals surface area contributed by atoms with Gasteiger partial charge in [0.15, 0.2) is 0 Å². The lowest BCUT2D eigenvalue weighted by Gasteiger charge is -2.71. The van der Waals surface area contributed by atoms with Gasteiger partial charge < -0.3 is 14.2 Å². The summed E-state index contributed by atoms with van der Waals surface area (Å²) < 4.78 is 18.6. The van der Waals surface area contributed by atoms with Gasteiger partial charge in [-0.15, -0.1) is 0 Å². The summed E-state index contributed by atoms with van der Waals surface area (Å²) >= 11 is 0. The van der Waals surface area contributed by atoms with Crippen molar-refractivity contribution in [3.63, 3.8) is 0 Å². The van der Waals surface area contributed by atoms with Crippen LogP contribution in [0, 0.1) is 57.2 Å². The van der Waals surface area contributed by atoms with E-state index in [-0.39, 0.29) is 63.8 Å². The van der Waals surface area contributed by atoms with Gasteiger partial charge in [0.05, 0.1) is 0 Å². The predicted octanol–water partition coefficient (Wildman–Crippen LogP) is 8.15. The van der Waals surface area contributed by atoms with Crippen molar-refractivity contribution < 1.29 is 28.6 Å². The van der Waals surface area contributed by atoms with Gasteiger partial charge >= 0.3 is 17.9 Å². The summed E-state index contributed by atoms with van der Waals surface area (Å²) in [5, 5.41) is 0. The van der Waals surface area contributed by atoms with Crippen LogP contribution in [-0.4, -0.2) is 36.2 Å². The van der Waals surface area contributed by atoms with E-state index in [1.54, 1.807) is 6.92 Å². The van der Waals surface area contributed by atoms with Crippen LogP contribution in [0.4, 0.5) is 0 Å². The average Bonchev–Trinajstić information content (AvgIpc) is 3.20. The molecule has 0 aliphatic heterocycles. The lowest BCUT2D eigenvalue weighted by Crippen LogP contribution is -2.70. The van der Waals surface area contributed by atoms with E-state index in [0.29, 0.717) is 29.6 Å². The number of hydrogen-bond donors (Lipinski definition) is 0. The van der Waals surface area contributed by atoms with Crippen LogP contribution in [0.2, 0.25) is 0 Å². The SMILES string of the molecule is CC(=O)O[C@H]1C[C@]2(C)[C@H](C[C@@H](OC(C)=O)[C@@H]3[C@@H]([C@H](C)CCCC(C)C)CC[C@]32C)[C@@]2(C)CC[C@H](OC(C)=O)C(C)(C)[C@H]12.